The van der Waals surface area contributed by atoms with E-state index in [4.69, 9.17) is 0 Å². The molecule has 3 nitrogen and oxygen atoms in total. The van der Waals surface area contributed by atoms with Crippen LogP contribution in [0.25, 0.3) is 0 Å². The summed E-state index contributed by atoms with van der Waals surface area (Å²) in [4.78, 5) is 0. The minimum absolute atomic E-state index is 0.311. The van der Waals surface area contributed by atoms with Gasteiger partial charge in [-0.25, -0.2) is 0 Å². The van der Waals surface area contributed by atoms with Crippen LogP contribution in [0.15, 0.2) is 12.4 Å². The smallest absolute Gasteiger partial charge is 0.0823 e. The number of nitrogens with one attached hydrogen (secondary N) is 1. The largest absolute Gasteiger partial charge is 0.388 e. The van der Waals surface area contributed by atoms with E-state index in [1.807, 2.05) is 0 Å². The summed E-state index contributed by atoms with van der Waals surface area (Å²) >= 11 is 0. The number of hydrogen-bond acceptors (Lipinski definition) is 2. The Balaban J connectivity index is 1.87. The molecule has 1 unspecified atom stereocenters. The van der Waals surface area contributed by atoms with Gasteiger partial charge in [0, 0.05) is 11.8 Å². The molecular weight excluding hydrogens is 152 g/mol. The van der Waals surface area contributed by atoms with Gasteiger partial charge >= 0.3 is 0 Å². The predicted molar refractivity (Wildman–Crippen MR) is 45.5 cm³/mol. The zero-order valence-corrected chi connectivity index (χ0v) is 7.03. The lowest BCUT2D eigenvalue weighted by Crippen LogP contribution is -2.14. The van der Waals surface area contributed by atoms with Gasteiger partial charge in [0.2, 0.25) is 0 Å². The van der Waals surface area contributed by atoms with E-state index in [1.54, 1.807) is 12.4 Å². The first kappa shape index (κ1) is 7.80. The van der Waals surface area contributed by atoms with Gasteiger partial charge in [-0.1, -0.05) is 19.3 Å². The SMILES string of the molecule is OC(CC1CCC1)c1cn[nH]c1. The van der Waals surface area contributed by atoms with E-state index < -0.39 is 0 Å². The Labute approximate surface area is 71.8 Å². The number of aromatic amines is 1. The molecule has 0 amide bonds. The van der Waals surface area contributed by atoms with Crippen LogP contribution in [0.4, 0.5) is 0 Å². The van der Waals surface area contributed by atoms with Crippen molar-refractivity contribution in [1.29, 1.82) is 0 Å². The van der Waals surface area contributed by atoms with Crippen molar-refractivity contribution in [3.8, 4) is 0 Å². The first-order valence-electron chi connectivity index (χ1n) is 4.53. The van der Waals surface area contributed by atoms with Crippen molar-refractivity contribution in [3.05, 3.63) is 18.0 Å². The van der Waals surface area contributed by atoms with E-state index in [2.05, 4.69) is 10.2 Å². The van der Waals surface area contributed by atoms with Crippen LogP contribution in [0.5, 0.6) is 0 Å². The molecule has 1 fully saturated rings. The standard InChI is InChI=1S/C9H14N2O/c12-9(4-7-2-1-3-7)8-5-10-11-6-8/h5-7,9,12H,1-4H2,(H,10,11). The Kier molecular flexibility index (Phi) is 2.13. The zero-order valence-electron chi connectivity index (χ0n) is 7.03. The first-order chi connectivity index (χ1) is 5.86. The van der Waals surface area contributed by atoms with E-state index in [9.17, 15) is 5.11 Å². The van der Waals surface area contributed by atoms with Gasteiger partial charge in [0.25, 0.3) is 0 Å². The lowest BCUT2D eigenvalue weighted by molar-refractivity contribution is 0.118. The number of H-pyrrole nitrogens is 1. The Morgan fingerprint density at radius 1 is 1.67 bits per heavy atom. The summed E-state index contributed by atoms with van der Waals surface area (Å²) in [6.07, 6.45) is 7.97. The zero-order chi connectivity index (χ0) is 8.39. The predicted octanol–water partition coefficient (Wildman–Crippen LogP) is 1.63. The quantitative estimate of drug-likeness (QED) is 0.717. The van der Waals surface area contributed by atoms with Gasteiger partial charge in [0.05, 0.1) is 12.3 Å². The van der Waals surface area contributed by atoms with Crippen molar-refractivity contribution < 1.29 is 5.11 Å². The normalized spacial score (nSPS) is 20.4. The minimum atomic E-state index is -0.311. The number of hydrogen-bond donors (Lipinski definition) is 2. The Hall–Kier alpha value is -0.830. The van der Waals surface area contributed by atoms with Crippen LogP contribution < -0.4 is 0 Å². The highest BCUT2D eigenvalue weighted by molar-refractivity contribution is 5.06. The third kappa shape index (κ3) is 1.50. The summed E-state index contributed by atoms with van der Waals surface area (Å²) in [5, 5.41) is 16.2. The van der Waals surface area contributed by atoms with Crippen LogP contribution in [0.2, 0.25) is 0 Å². The number of rotatable bonds is 3. The van der Waals surface area contributed by atoms with Crippen molar-refractivity contribution in [2.75, 3.05) is 0 Å². The van der Waals surface area contributed by atoms with Crippen molar-refractivity contribution in [2.45, 2.75) is 31.8 Å². The molecule has 0 aromatic carbocycles. The summed E-state index contributed by atoms with van der Waals surface area (Å²) in [7, 11) is 0. The number of aromatic nitrogens is 2. The molecule has 1 atom stereocenters. The second-order valence-corrected chi connectivity index (χ2v) is 3.58. The lowest BCUT2D eigenvalue weighted by Gasteiger charge is -2.27. The van der Waals surface area contributed by atoms with Gasteiger partial charge in [-0.15, -0.1) is 0 Å². The van der Waals surface area contributed by atoms with Crippen LogP contribution in [0, 0.1) is 5.92 Å². The first-order valence-corrected chi connectivity index (χ1v) is 4.53. The van der Waals surface area contributed by atoms with E-state index >= 15 is 0 Å². The van der Waals surface area contributed by atoms with Crippen LogP contribution >= 0.6 is 0 Å². The topological polar surface area (TPSA) is 48.9 Å². The van der Waals surface area contributed by atoms with E-state index in [0.29, 0.717) is 0 Å². The summed E-state index contributed by atoms with van der Waals surface area (Å²) in [5.74, 6) is 0.745. The van der Waals surface area contributed by atoms with Gasteiger partial charge in [-0.3, -0.25) is 5.10 Å². The second-order valence-electron chi connectivity index (χ2n) is 3.58. The maximum absolute atomic E-state index is 9.68. The maximum Gasteiger partial charge on any atom is 0.0823 e. The van der Waals surface area contributed by atoms with Gasteiger partial charge in [-0.05, 0) is 12.3 Å². The van der Waals surface area contributed by atoms with Crippen LogP contribution in [-0.4, -0.2) is 15.3 Å². The second kappa shape index (κ2) is 3.27. The Morgan fingerprint density at radius 2 is 2.50 bits per heavy atom. The number of nitrogens with zero attached hydrogens (tertiary/aromatic N) is 1. The van der Waals surface area contributed by atoms with Gasteiger partial charge in [0.15, 0.2) is 0 Å². The molecule has 66 valence electrons. The van der Waals surface area contributed by atoms with E-state index in [1.165, 1.54) is 19.3 Å². The monoisotopic (exact) mass is 166 g/mol. The minimum Gasteiger partial charge on any atom is -0.388 e. The maximum atomic E-state index is 9.68. The van der Waals surface area contributed by atoms with Crippen LogP contribution in [-0.2, 0) is 0 Å². The summed E-state index contributed by atoms with van der Waals surface area (Å²) in [6.45, 7) is 0. The molecule has 0 aliphatic heterocycles. The summed E-state index contributed by atoms with van der Waals surface area (Å²) < 4.78 is 0. The molecule has 1 aliphatic carbocycles. The Bertz CT molecular complexity index is 229. The van der Waals surface area contributed by atoms with E-state index in [-0.39, 0.29) is 6.10 Å². The van der Waals surface area contributed by atoms with Crippen molar-refractivity contribution >= 4 is 0 Å². The number of aliphatic hydroxyl groups is 1. The average molecular weight is 166 g/mol. The summed E-state index contributed by atoms with van der Waals surface area (Å²) in [5.41, 5.74) is 0.918. The van der Waals surface area contributed by atoms with Crippen molar-refractivity contribution in [2.24, 2.45) is 5.92 Å². The third-order valence-corrected chi connectivity index (χ3v) is 2.69. The molecule has 12 heavy (non-hydrogen) atoms. The van der Waals surface area contributed by atoms with Crippen LogP contribution in [0.3, 0.4) is 0 Å². The fourth-order valence-electron chi connectivity index (χ4n) is 1.62. The molecule has 2 rings (SSSR count). The molecule has 1 aromatic heterocycles. The molecule has 2 N–H and O–H groups in total. The van der Waals surface area contributed by atoms with Crippen LogP contribution in [0.1, 0.15) is 37.4 Å². The lowest BCUT2D eigenvalue weighted by atomic mass is 9.81. The van der Waals surface area contributed by atoms with Crippen molar-refractivity contribution in [3.63, 3.8) is 0 Å². The molecular formula is C9H14N2O. The van der Waals surface area contributed by atoms with Gasteiger partial charge in [-0.2, -0.15) is 5.10 Å². The van der Waals surface area contributed by atoms with Crippen molar-refractivity contribution in [1.82, 2.24) is 10.2 Å². The Morgan fingerprint density at radius 3 is 3.00 bits per heavy atom. The molecule has 0 saturated heterocycles. The highest BCUT2D eigenvalue weighted by Gasteiger charge is 2.21. The molecule has 1 aliphatic rings. The fourth-order valence-corrected chi connectivity index (χ4v) is 1.62. The van der Waals surface area contributed by atoms with Gasteiger partial charge in [0.1, 0.15) is 0 Å². The molecule has 0 bridgehead atoms. The molecule has 1 heterocycles. The molecule has 1 aromatic rings. The molecule has 0 radical (unpaired) electrons. The summed E-state index contributed by atoms with van der Waals surface area (Å²) in [6, 6.07) is 0. The van der Waals surface area contributed by atoms with Gasteiger partial charge < -0.3 is 5.11 Å². The number of aliphatic hydroxyl groups excluding tert-OH is 1. The highest BCUT2D eigenvalue weighted by Crippen LogP contribution is 2.34. The molecule has 1 saturated carbocycles. The molecule has 3 heteroatoms. The average Bonchev–Trinajstić information content (AvgIpc) is 2.47. The third-order valence-electron chi connectivity index (χ3n) is 2.69. The highest BCUT2D eigenvalue weighted by atomic mass is 16.3. The fraction of sp³-hybridized carbons (Fsp3) is 0.667. The molecule has 0 spiro atoms. The van der Waals surface area contributed by atoms with E-state index in [0.717, 1.165) is 17.9 Å².